The summed E-state index contributed by atoms with van der Waals surface area (Å²) in [5.41, 5.74) is -2.09. The summed E-state index contributed by atoms with van der Waals surface area (Å²) < 4.78 is 43.1. The van der Waals surface area contributed by atoms with Crippen molar-refractivity contribution >= 4 is 46.0 Å². The summed E-state index contributed by atoms with van der Waals surface area (Å²) in [5.74, 6) is -2.17. The topological polar surface area (TPSA) is 101 Å². The van der Waals surface area contributed by atoms with Crippen LogP contribution in [0.25, 0.3) is 22.0 Å². The Morgan fingerprint density at radius 2 is 1.77 bits per heavy atom. The van der Waals surface area contributed by atoms with Gasteiger partial charge in [-0.2, -0.15) is 13.2 Å². The number of carboxylic acid groups (broad SMARTS) is 1. The Balaban J connectivity index is 1.82. The molecule has 0 aliphatic rings. The first-order valence-corrected chi connectivity index (χ1v) is 12.2. The number of halogens is 5. The Morgan fingerprint density at radius 3 is 2.38 bits per heavy atom. The van der Waals surface area contributed by atoms with Crippen molar-refractivity contribution in [3.05, 3.63) is 97.5 Å². The first kappa shape index (κ1) is 28.1. The summed E-state index contributed by atoms with van der Waals surface area (Å²) in [6.45, 7) is 1.40. The quantitative estimate of drug-likeness (QED) is 0.308. The van der Waals surface area contributed by atoms with E-state index < -0.39 is 40.8 Å². The van der Waals surface area contributed by atoms with Gasteiger partial charge in [0, 0.05) is 36.3 Å². The first-order chi connectivity index (χ1) is 18.3. The van der Waals surface area contributed by atoms with Gasteiger partial charge in [-0.15, -0.1) is 0 Å². The average molecular weight is 578 g/mol. The maximum atomic E-state index is 14.0. The van der Waals surface area contributed by atoms with Gasteiger partial charge in [-0.3, -0.25) is 14.6 Å². The van der Waals surface area contributed by atoms with Crippen LogP contribution in [-0.4, -0.2) is 32.6 Å². The zero-order valence-electron chi connectivity index (χ0n) is 20.4. The van der Waals surface area contributed by atoms with E-state index in [2.05, 4.69) is 10.3 Å². The summed E-state index contributed by atoms with van der Waals surface area (Å²) in [6, 6.07) is 9.65. The minimum Gasteiger partial charge on any atom is -0.480 e. The summed E-state index contributed by atoms with van der Waals surface area (Å²) in [7, 11) is 1.37. The number of benzene rings is 2. The Morgan fingerprint density at radius 1 is 1.10 bits per heavy atom. The smallest absolute Gasteiger partial charge is 0.417 e. The van der Waals surface area contributed by atoms with Gasteiger partial charge in [-0.25, -0.2) is 4.79 Å². The predicted molar refractivity (Wildman–Crippen MR) is 141 cm³/mol. The van der Waals surface area contributed by atoms with Crippen LogP contribution in [0.2, 0.25) is 10.0 Å². The third kappa shape index (κ3) is 5.48. The number of aromatic nitrogens is 2. The van der Waals surface area contributed by atoms with Crippen LogP contribution in [0, 0.1) is 6.92 Å². The van der Waals surface area contributed by atoms with E-state index in [4.69, 9.17) is 23.2 Å². The zero-order valence-corrected chi connectivity index (χ0v) is 21.9. The van der Waals surface area contributed by atoms with Crippen molar-refractivity contribution in [1.29, 1.82) is 0 Å². The highest BCUT2D eigenvalue weighted by atomic mass is 35.5. The second-order valence-electron chi connectivity index (χ2n) is 8.77. The fourth-order valence-corrected chi connectivity index (χ4v) is 4.85. The number of rotatable bonds is 6. The van der Waals surface area contributed by atoms with Crippen molar-refractivity contribution in [3.8, 4) is 11.1 Å². The number of nitrogens with one attached hydrogen (secondary N) is 1. The lowest BCUT2D eigenvalue weighted by Crippen LogP contribution is -2.42. The molecule has 12 heteroatoms. The van der Waals surface area contributed by atoms with Gasteiger partial charge in [0.15, 0.2) is 0 Å². The number of hydrogen-bond acceptors (Lipinski definition) is 4. The number of hydrogen-bond donors (Lipinski definition) is 2. The molecule has 0 fully saturated rings. The van der Waals surface area contributed by atoms with E-state index in [9.17, 15) is 32.7 Å². The molecule has 4 rings (SSSR count). The minimum absolute atomic E-state index is 0.0308. The lowest BCUT2D eigenvalue weighted by Gasteiger charge is -2.19. The van der Waals surface area contributed by atoms with Crippen molar-refractivity contribution in [2.24, 2.45) is 7.05 Å². The molecule has 39 heavy (non-hydrogen) atoms. The number of nitrogens with zero attached hydrogens (tertiary/aromatic N) is 2. The molecule has 2 aromatic carbocycles. The first-order valence-electron chi connectivity index (χ1n) is 11.4. The molecule has 7 nitrogen and oxygen atoms in total. The number of aliphatic carboxylic acids is 1. The molecule has 0 bridgehead atoms. The van der Waals surface area contributed by atoms with Crippen LogP contribution < -0.4 is 10.9 Å². The number of amides is 1. The molecule has 1 unspecified atom stereocenters. The molecule has 4 aromatic rings. The average Bonchev–Trinajstić information content (AvgIpc) is 2.86. The van der Waals surface area contributed by atoms with Crippen molar-refractivity contribution in [2.75, 3.05) is 0 Å². The van der Waals surface area contributed by atoms with Crippen molar-refractivity contribution in [2.45, 2.75) is 25.6 Å². The Bertz CT molecular complexity index is 1670. The second-order valence-corrected chi connectivity index (χ2v) is 9.59. The molecule has 0 saturated heterocycles. The molecule has 2 heterocycles. The lowest BCUT2D eigenvalue weighted by atomic mass is 9.93. The van der Waals surface area contributed by atoms with Gasteiger partial charge in [0.25, 0.3) is 11.5 Å². The summed E-state index contributed by atoms with van der Waals surface area (Å²) in [6.07, 6.45) is -3.70. The molecule has 1 amide bonds. The number of aryl methyl sites for hydroxylation is 1. The Hall–Kier alpha value is -3.89. The summed E-state index contributed by atoms with van der Waals surface area (Å²) in [4.78, 5) is 42.2. The van der Waals surface area contributed by atoms with Crippen LogP contribution in [-0.2, 0) is 24.4 Å². The highest BCUT2D eigenvalue weighted by Gasteiger charge is 2.36. The molecule has 0 aliphatic carbocycles. The Kier molecular flexibility index (Phi) is 7.72. The SMILES string of the molecule is Cc1cc(C(F)(F)F)c(-c2ccc(CC(NC(=O)c3c(Cl)cccc3Cl)C(=O)O)c3cccnc23)c(=O)n1C. The van der Waals surface area contributed by atoms with E-state index >= 15 is 0 Å². The molecular weight excluding hydrogens is 558 g/mol. The highest BCUT2D eigenvalue weighted by Crippen LogP contribution is 2.38. The fourth-order valence-electron chi connectivity index (χ4n) is 4.28. The number of carbonyl (C=O) groups is 2. The number of carboxylic acids is 1. The molecule has 1 atom stereocenters. The van der Waals surface area contributed by atoms with Gasteiger partial charge >= 0.3 is 12.1 Å². The van der Waals surface area contributed by atoms with E-state index in [0.717, 1.165) is 10.6 Å². The molecule has 2 aromatic heterocycles. The molecule has 0 radical (unpaired) electrons. The fraction of sp³-hybridized carbons (Fsp3) is 0.185. The highest BCUT2D eigenvalue weighted by molar-refractivity contribution is 6.39. The van der Waals surface area contributed by atoms with Crippen LogP contribution in [0.15, 0.2) is 59.5 Å². The standard InChI is InChI=1S/C27H20Cl2F3N3O4/c1-13-11-17(27(30,31)32)21(25(37)35(13)2)16-9-8-14(15-5-4-10-33-23(15)16)12-20(26(38)39)34-24(36)22-18(28)6-3-7-19(22)29/h3-11,20H,12H2,1-2H3,(H,34,36)(H,38,39). The van der Waals surface area contributed by atoms with Crippen LogP contribution in [0.3, 0.4) is 0 Å². The Labute approximate surface area is 229 Å². The van der Waals surface area contributed by atoms with Gasteiger partial charge in [0.1, 0.15) is 6.04 Å². The van der Waals surface area contributed by atoms with Gasteiger partial charge in [-0.1, -0.05) is 47.5 Å². The van der Waals surface area contributed by atoms with Crippen molar-refractivity contribution < 1.29 is 27.9 Å². The van der Waals surface area contributed by atoms with Crippen molar-refractivity contribution in [1.82, 2.24) is 14.9 Å². The van der Waals surface area contributed by atoms with Gasteiger partial charge < -0.3 is 15.0 Å². The van der Waals surface area contributed by atoms with Gasteiger partial charge in [-0.05, 0) is 36.8 Å². The number of fused-ring (bicyclic) bond motifs is 1. The van der Waals surface area contributed by atoms with Crippen LogP contribution in [0.5, 0.6) is 0 Å². The molecule has 0 aliphatic heterocycles. The maximum absolute atomic E-state index is 14.0. The molecular formula is C27H20Cl2F3N3O4. The summed E-state index contributed by atoms with van der Waals surface area (Å²) >= 11 is 12.1. The number of alkyl halides is 3. The third-order valence-corrected chi connectivity index (χ3v) is 6.95. The van der Waals surface area contributed by atoms with E-state index in [1.807, 2.05) is 0 Å². The number of carbonyl (C=O) groups excluding carboxylic acids is 1. The van der Waals surface area contributed by atoms with Crippen LogP contribution in [0.1, 0.15) is 27.2 Å². The van der Waals surface area contributed by atoms with Crippen molar-refractivity contribution in [3.63, 3.8) is 0 Å². The van der Waals surface area contributed by atoms with Gasteiger partial charge in [0.2, 0.25) is 0 Å². The van der Waals surface area contributed by atoms with Crippen LogP contribution >= 0.6 is 23.2 Å². The van der Waals surface area contributed by atoms with Crippen LogP contribution in [0.4, 0.5) is 13.2 Å². The molecule has 0 saturated carbocycles. The van der Waals surface area contributed by atoms with E-state index in [-0.39, 0.29) is 38.8 Å². The zero-order chi connectivity index (χ0) is 28.6. The monoisotopic (exact) mass is 577 g/mol. The molecule has 2 N–H and O–H groups in total. The van der Waals surface area contributed by atoms with E-state index in [1.54, 1.807) is 6.07 Å². The maximum Gasteiger partial charge on any atom is 0.417 e. The van der Waals surface area contributed by atoms with Gasteiger partial charge in [0.05, 0.1) is 32.3 Å². The third-order valence-electron chi connectivity index (χ3n) is 6.32. The normalized spacial score (nSPS) is 12.4. The predicted octanol–water partition coefficient (Wildman–Crippen LogP) is 5.66. The largest absolute Gasteiger partial charge is 0.480 e. The molecule has 0 spiro atoms. The minimum atomic E-state index is -4.81. The van der Waals surface area contributed by atoms with E-state index in [0.29, 0.717) is 10.9 Å². The lowest BCUT2D eigenvalue weighted by molar-refractivity contribution is -0.139. The van der Waals surface area contributed by atoms with E-state index in [1.165, 1.54) is 56.6 Å². The molecule has 202 valence electrons. The second kappa shape index (κ2) is 10.7. The number of pyridine rings is 2. The summed E-state index contributed by atoms with van der Waals surface area (Å²) in [5, 5.41) is 12.6.